The molecule has 19 heavy (non-hydrogen) atoms. The fourth-order valence-corrected chi connectivity index (χ4v) is 2.84. The highest BCUT2D eigenvalue weighted by Gasteiger charge is 2.21. The van der Waals surface area contributed by atoms with Crippen molar-refractivity contribution in [3.8, 4) is 0 Å². The summed E-state index contributed by atoms with van der Waals surface area (Å²) >= 11 is 3.68. The predicted octanol–water partition coefficient (Wildman–Crippen LogP) is 4.20. The third-order valence-electron chi connectivity index (χ3n) is 3.51. The minimum Gasteiger partial charge on any atom is -0.385 e. The molecule has 0 aromatic heterocycles. The molecule has 0 radical (unpaired) electrons. The van der Waals surface area contributed by atoms with Gasteiger partial charge in [-0.25, -0.2) is 0 Å². The number of methoxy groups -OCH3 is 1. The van der Waals surface area contributed by atoms with E-state index in [0.717, 1.165) is 19.6 Å². The molecule has 0 spiro atoms. The minimum absolute atomic E-state index is 0.508. The van der Waals surface area contributed by atoms with Crippen molar-refractivity contribution in [3.63, 3.8) is 0 Å². The zero-order valence-electron chi connectivity index (χ0n) is 12.4. The molecule has 2 unspecified atom stereocenters. The zero-order chi connectivity index (χ0) is 14.3. The Labute approximate surface area is 126 Å². The first-order valence-electron chi connectivity index (χ1n) is 7.03. The Hall–Kier alpha value is -0.380. The van der Waals surface area contributed by atoms with Crippen LogP contribution in [0.1, 0.15) is 38.7 Å². The summed E-state index contributed by atoms with van der Waals surface area (Å²) in [5, 5.41) is 3.57. The molecule has 0 saturated heterocycles. The lowest BCUT2D eigenvalue weighted by atomic mass is 9.85. The van der Waals surface area contributed by atoms with Crippen molar-refractivity contribution in [2.24, 2.45) is 5.92 Å². The standard InChI is InChI=1S/C16H26BrNO/c1-12(2)18-11-15(13(3)9-10-19-4)14-7-5-6-8-16(14)17/h5-8,12-13,15,18H,9-11H2,1-4H3. The van der Waals surface area contributed by atoms with Gasteiger partial charge < -0.3 is 10.1 Å². The third kappa shape index (κ3) is 5.64. The summed E-state index contributed by atoms with van der Waals surface area (Å²) in [6.07, 6.45) is 1.09. The Balaban J connectivity index is 2.82. The fraction of sp³-hybridized carbons (Fsp3) is 0.625. The fourth-order valence-electron chi connectivity index (χ4n) is 2.26. The number of ether oxygens (including phenoxy) is 1. The lowest BCUT2D eigenvalue weighted by Gasteiger charge is -2.26. The van der Waals surface area contributed by atoms with Gasteiger partial charge in [0.2, 0.25) is 0 Å². The molecule has 108 valence electrons. The molecule has 0 saturated carbocycles. The van der Waals surface area contributed by atoms with E-state index >= 15 is 0 Å². The second-order valence-electron chi connectivity index (χ2n) is 5.45. The van der Waals surface area contributed by atoms with Crippen LogP contribution in [0.5, 0.6) is 0 Å². The van der Waals surface area contributed by atoms with Gasteiger partial charge >= 0.3 is 0 Å². The van der Waals surface area contributed by atoms with Crippen LogP contribution in [0.3, 0.4) is 0 Å². The first-order chi connectivity index (χ1) is 9.06. The molecule has 1 N–H and O–H groups in total. The molecular formula is C16H26BrNO. The van der Waals surface area contributed by atoms with Crippen LogP contribution in [-0.4, -0.2) is 26.3 Å². The van der Waals surface area contributed by atoms with Crippen LogP contribution in [0.25, 0.3) is 0 Å². The molecule has 3 heteroatoms. The summed E-state index contributed by atoms with van der Waals surface area (Å²) in [5.74, 6) is 1.10. The summed E-state index contributed by atoms with van der Waals surface area (Å²) in [5.41, 5.74) is 1.39. The van der Waals surface area contributed by atoms with Gasteiger partial charge in [0.15, 0.2) is 0 Å². The van der Waals surface area contributed by atoms with Gasteiger partial charge in [-0.05, 0) is 24.0 Å². The van der Waals surface area contributed by atoms with Crippen molar-refractivity contribution >= 4 is 15.9 Å². The van der Waals surface area contributed by atoms with Gasteiger partial charge in [0, 0.05) is 36.7 Å². The number of halogens is 1. The highest BCUT2D eigenvalue weighted by atomic mass is 79.9. The van der Waals surface area contributed by atoms with E-state index in [1.54, 1.807) is 7.11 Å². The number of hydrogen-bond donors (Lipinski definition) is 1. The van der Waals surface area contributed by atoms with Crippen LogP contribution in [-0.2, 0) is 4.74 Å². The van der Waals surface area contributed by atoms with E-state index in [2.05, 4.69) is 66.3 Å². The van der Waals surface area contributed by atoms with Crippen LogP contribution < -0.4 is 5.32 Å². The quantitative estimate of drug-likeness (QED) is 0.772. The van der Waals surface area contributed by atoms with E-state index in [1.807, 2.05) is 0 Å². The van der Waals surface area contributed by atoms with Crippen LogP contribution in [0, 0.1) is 5.92 Å². The SMILES string of the molecule is COCCC(C)C(CNC(C)C)c1ccccc1Br. The summed E-state index contributed by atoms with van der Waals surface area (Å²) in [4.78, 5) is 0. The van der Waals surface area contributed by atoms with Crippen molar-refractivity contribution in [1.29, 1.82) is 0 Å². The topological polar surface area (TPSA) is 21.3 Å². The van der Waals surface area contributed by atoms with Gasteiger partial charge in [-0.3, -0.25) is 0 Å². The van der Waals surface area contributed by atoms with E-state index < -0.39 is 0 Å². The van der Waals surface area contributed by atoms with Crippen molar-refractivity contribution < 1.29 is 4.74 Å². The highest BCUT2D eigenvalue weighted by Crippen LogP contribution is 2.31. The number of nitrogens with one attached hydrogen (secondary N) is 1. The van der Waals surface area contributed by atoms with E-state index in [4.69, 9.17) is 4.74 Å². The van der Waals surface area contributed by atoms with E-state index in [-0.39, 0.29) is 0 Å². The number of rotatable bonds is 8. The van der Waals surface area contributed by atoms with Gasteiger partial charge in [-0.15, -0.1) is 0 Å². The Bertz CT molecular complexity index is 368. The van der Waals surface area contributed by atoms with Crippen LogP contribution in [0.15, 0.2) is 28.7 Å². The monoisotopic (exact) mass is 327 g/mol. The van der Waals surface area contributed by atoms with Gasteiger partial charge in [-0.2, -0.15) is 0 Å². The van der Waals surface area contributed by atoms with Gasteiger partial charge in [-0.1, -0.05) is 54.9 Å². The Kier molecular flexibility index (Phi) is 7.66. The number of hydrogen-bond acceptors (Lipinski definition) is 2. The van der Waals surface area contributed by atoms with Crippen molar-refractivity contribution in [1.82, 2.24) is 5.32 Å². The molecule has 0 amide bonds. The largest absolute Gasteiger partial charge is 0.385 e. The lowest BCUT2D eigenvalue weighted by molar-refractivity contribution is 0.173. The third-order valence-corrected chi connectivity index (χ3v) is 4.24. The van der Waals surface area contributed by atoms with Crippen molar-refractivity contribution in [2.45, 2.75) is 39.2 Å². The normalized spacial score (nSPS) is 14.6. The summed E-state index contributed by atoms with van der Waals surface area (Å²) < 4.78 is 6.43. The van der Waals surface area contributed by atoms with Gasteiger partial charge in [0.25, 0.3) is 0 Å². The predicted molar refractivity (Wildman–Crippen MR) is 85.7 cm³/mol. The van der Waals surface area contributed by atoms with Crippen molar-refractivity contribution in [2.75, 3.05) is 20.3 Å². The zero-order valence-corrected chi connectivity index (χ0v) is 14.0. The first-order valence-corrected chi connectivity index (χ1v) is 7.82. The van der Waals surface area contributed by atoms with Gasteiger partial charge in [0.1, 0.15) is 0 Å². The van der Waals surface area contributed by atoms with E-state index in [1.165, 1.54) is 10.0 Å². The molecule has 1 rings (SSSR count). The maximum atomic E-state index is 5.22. The van der Waals surface area contributed by atoms with Gasteiger partial charge in [0.05, 0.1) is 0 Å². The molecule has 0 aliphatic heterocycles. The first kappa shape index (κ1) is 16.7. The molecule has 0 fully saturated rings. The molecule has 1 aromatic carbocycles. The summed E-state index contributed by atoms with van der Waals surface area (Å²) in [6, 6.07) is 9.05. The molecule has 2 nitrogen and oxygen atoms in total. The summed E-state index contributed by atoms with van der Waals surface area (Å²) in [7, 11) is 1.77. The van der Waals surface area contributed by atoms with Crippen molar-refractivity contribution in [3.05, 3.63) is 34.3 Å². The number of benzene rings is 1. The molecular weight excluding hydrogens is 302 g/mol. The Morgan fingerprint density at radius 1 is 1.21 bits per heavy atom. The van der Waals surface area contributed by atoms with Crippen LogP contribution in [0.2, 0.25) is 0 Å². The molecule has 1 aromatic rings. The van der Waals surface area contributed by atoms with E-state index in [0.29, 0.717) is 17.9 Å². The minimum atomic E-state index is 0.508. The average Bonchev–Trinajstić information content (AvgIpc) is 2.38. The molecule has 2 atom stereocenters. The summed E-state index contributed by atoms with van der Waals surface area (Å²) in [6.45, 7) is 8.52. The smallest absolute Gasteiger partial charge is 0.0465 e. The second-order valence-corrected chi connectivity index (χ2v) is 6.30. The second kappa shape index (κ2) is 8.72. The average molecular weight is 328 g/mol. The highest BCUT2D eigenvalue weighted by molar-refractivity contribution is 9.10. The maximum Gasteiger partial charge on any atom is 0.0465 e. The maximum absolute atomic E-state index is 5.22. The van der Waals surface area contributed by atoms with Crippen LogP contribution >= 0.6 is 15.9 Å². The molecule has 0 bridgehead atoms. The molecule has 0 aliphatic carbocycles. The Morgan fingerprint density at radius 3 is 2.47 bits per heavy atom. The van der Waals surface area contributed by atoms with E-state index in [9.17, 15) is 0 Å². The molecule has 0 heterocycles. The molecule has 0 aliphatic rings. The van der Waals surface area contributed by atoms with Crippen LogP contribution in [0.4, 0.5) is 0 Å². The Morgan fingerprint density at radius 2 is 1.89 bits per heavy atom. The lowest BCUT2D eigenvalue weighted by Crippen LogP contribution is -2.31.